The summed E-state index contributed by atoms with van der Waals surface area (Å²) in [5.74, 6) is 0.0684. The second-order valence-electron chi connectivity index (χ2n) is 5.57. The molecule has 2 atom stereocenters. The first-order valence-electron chi connectivity index (χ1n) is 7.34. The van der Waals surface area contributed by atoms with Crippen molar-refractivity contribution in [3.05, 3.63) is 34.9 Å². The molecule has 1 fully saturated rings. The van der Waals surface area contributed by atoms with Crippen molar-refractivity contribution < 1.29 is 9.59 Å². The Morgan fingerprint density at radius 1 is 1.43 bits per heavy atom. The molecule has 1 aliphatic rings. The van der Waals surface area contributed by atoms with Gasteiger partial charge in [0, 0.05) is 24.5 Å². The van der Waals surface area contributed by atoms with Crippen LogP contribution >= 0.6 is 11.6 Å². The number of amides is 2. The Bertz CT molecular complexity index is 533. The fraction of sp³-hybridized carbons (Fsp3) is 0.500. The van der Waals surface area contributed by atoms with Gasteiger partial charge in [0.2, 0.25) is 11.8 Å². The third-order valence-electron chi connectivity index (χ3n) is 3.98. The number of hydrogen-bond donors (Lipinski definition) is 1. The number of benzene rings is 1. The second-order valence-corrected chi connectivity index (χ2v) is 6.01. The van der Waals surface area contributed by atoms with Crippen LogP contribution in [-0.4, -0.2) is 29.3 Å². The van der Waals surface area contributed by atoms with Crippen LogP contribution in [0.3, 0.4) is 0 Å². The molecule has 0 spiro atoms. The van der Waals surface area contributed by atoms with Crippen molar-refractivity contribution in [3.63, 3.8) is 0 Å². The molecule has 21 heavy (non-hydrogen) atoms. The van der Waals surface area contributed by atoms with Gasteiger partial charge in [0.25, 0.3) is 0 Å². The lowest BCUT2D eigenvalue weighted by atomic mass is 9.98. The summed E-state index contributed by atoms with van der Waals surface area (Å²) in [4.78, 5) is 26.2. The zero-order valence-corrected chi connectivity index (χ0v) is 13.2. The Kier molecular flexibility index (Phi) is 5.23. The number of carbonyl (C=O) groups excluding carboxylic acids is 2. The van der Waals surface area contributed by atoms with E-state index < -0.39 is 6.04 Å². The maximum absolute atomic E-state index is 12.7. The summed E-state index contributed by atoms with van der Waals surface area (Å²) in [5.41, 5.74) is 0.980. The quantitative estimate of drug-likeness (QED) is 0.929. The molecule has 4 nitrogen and oxygen atoms in total. The molecule has 1 saturated heterocycles. The van der Waals surface area contributed by atoms with E-state index in [2.05, 4.69) is 5.32 Å². The summed E-state index contributed by atoms with van der Waals surface area (Å²) >= 11 is 5.99. The molecule has 1 heterocycles. The minimum atomic E-state index is -0.427. The third-order valence-corrected chi connectivity index (χ3v) is 4.21. The highest BCUT2D eigenvalue weighted by molar-refractivity contribution is 6.30. The first-order chi connectivity index (χ1) is 10.0. The van der Waals surface area contributed by atoms with Crippen molar-refractivity contribution in [3.8, 4) is 0 Å². The topological polar surface area (TPSA) is 49.4 Å². The average Bonchev–Trinajstić information content (AvgIpc) is 2.60. The van der Waals surface area contributed by atoms with Crippen molar-refractivity contribution in [1.29, 1.82) is 0 Å². The number of nitrogens with zero attached hydrogens (tertiary/aromatic N) is 1. The standard InChI is InChI=1S/C16H21ClN2O2/c1-3-11(2)15-16(21)19(8-7-14(20)18-15)10-12-5-4-6-13(17)9-12/h4-6,9,11,15H,3,7-8,10H2,1-2H3,(H,18,20). The molecule has 2 rings (SSSR count). The lowest BCUT2D eigenvalue weighted by Crippen LogP contribution is -2.48. The average molecular weight is 309 g/mol. The van der Waals surface area contributed by atoms with Crippen LogP contribution in [0.1, 0.15) is 32.3 Å². The van der Waals surface area contributed by atoms with E-state index >= 15 is 0 Å². The van der Waals surface area contributed by atoms with Crippen LogP contribution in [-0.2, 0) is 16.1 Å². The second kappa shape index (κ2) is 6.94. The minimum absolute atomic E-state index is 0.00447. The number of nitrogens with one attached hydrogen (secondary N) is 1. The van der Waals surface area contributed by atoms with E-state index in [9.17, 15) is 9.59 Å². The van der Waals surface area contributed by atoms with E-state index in [1.807, 2.05) is 38.1 Å². The van der Waals surface area contributed by atoms with Gasteiger partial charge in [0.15, 0.2) is 0 Å². The van der Waals surface area contributed by atoms with Crippen molar-refractivity contribution in [2.75, 3.05) is 6.54 Å². The van der Waals surface area contributed by atoms with Gasteiger partial charge in [-0.1, -0.05) is 44.0 Å². The predicted molar refractivity (Wildman–Crippen MR) is 82.9 cm³/mol. The maximum Gasteiger partial charge on any atom is 0.245 e. The van der Waals surface area contributed by atoms with Gasteiger partial charge in [-0.15, -0.1) is 0 Å². The van der Waals surface area contributed by atoms with Crippen LogP contribution in [0.5, 0.6) is 0 Å². The van der Waals surface area contributed by atoms with Crippen LogP contribution in [0, 0.1) is 5.92 Å². The zero-order valence-electron chi connectivity index (χ0n) is 12.4. The molecular formula is C16H21ClN2O2. The van der Waals surface area contributed by atoms with Gasteiger partial charge in [-0.25, -0.2) is 0 Å². The highest BCUT2D eigenvalue weighted by Crippen LogP contribution is 2.18. The fourth-order valence-corrected chi connectivity index (χ4v) is 2.70. The van der Waals surface area contributed by atoms with Gasteiger partial charge in [0.05, 0.1) is 0 Å². The largest absolute Gasteiger partial charge is 0.344 e. The van der Waals surface area contributed by atoms with Crippen LogP contribution in [0.4, 0.5) is 0 Å². The predicted octanol–water partition coefficient (Wildman–Crippen LogP) is 2.60. The van der Waals surface area contributed by atoms with Crippen molar-refractivity contribution in [2.45, 2.75) is 39.3 Å². The first-order valence-corrected chi connectivity index (χ1v) is 7.71. The van der Waals surface area contributed by atoms with Gasteiger partial charge in [-0.3, -0.25) is 9.59 Å². The van der Waals surface area contributed by atoms with Crippen molar-refractivity contribution in [2.24, 2.45) is 5.92 Å². The van der Waals surface area contributed by atoms with Gasteiger partial charge in [-0.2, -0.15) is 0 Å². The highest BCUT2D eigenvalue weighted by atomic mass is 35.5. The lowest BCUT2D eigenvalue weighted by Gasteiger charge is -2.27. The SMILES string of the molecule is CCC(C)C1NC(=O)CCN(Cc2cccc(Cl)c2)C1=O. The van der Waals surface area contributed by atoms with E-state index in [1.165, 1.54) is 0 Å². The van der Waals surface area contributed by atoms with E-state index in [1.54, 1.807) is 4.90 Å². The lowest BCUT2D eigenvalue weighted by molar-refractivity contribution is -0.135. The Hall–Kier alpha value is -1.55. The fourth-order valence-electron chi connectivity index (χ4n) is 2.48. The molecule has 0 saturated carbocycles. The summed E-state index contributed by atoms with van der Waals surface area (Å²) in [6, 6.07) is 7.05. The molecule has 0 aliphatic carbocycles. The van der Waals surface area contributed by atoms with Gasteiger partial charge >= 0.3 is 0 Å². The van der Waals surface area contributed by atoms with Crippen LogP contribution < -0.4 is 5.32 Å². The smallest absolute Gasteiger partial charge is 0.245 e. The first kappa shape index (κ1) is 15.8. The molecule has 0 radical (unpaired) electrons. The monoisotopic (exact) mass is 308 g/mol. The molecule has 1 aromatic rings. The highest BCUT2D eigenvalue weighted by Gasteiger charge is 2.32. The van der Waals surface area contributed by atoms with Crippen molar-refractivity contribution in [1.82, 2.24) is 10.2 Å². The van der Waals surface area contributed by atoms with Gasteiger partial charge < -0.3 is 10.2 Å². The molecule has 1 aromatic carbocycles. The minimum Gasteiger partial charge on any atom is -0.344 e. The molecule has 1 N–H and O–H groups in total. The van der Waals surface area contributed by atoms with Crippen LogP contribution in [0.25, 0.3) is 0 Å². The Morgan fingerprint density at radius 3 is 2.86 bits per heavy atom. The van der Waals surface area contributed by atoms with Crippen LogP contribution in [0.2, 0.25) is 5.02 Å². The van der Waals surface area contributed by atoms with E-state index in [0.29, 0.717) is 24.5 Å². The Balaban J connectivity index is 2.17. The number of halogens is 1. The molecular weight excluding hydrogens is 288 g/mol. The number of carbonyl (C=O) groups is 2. The summed E-state index contributed by atoms with van der Waals surface area (Å²) in [7, 11) is 0. The van der Waals surface area contributed by atoms with E-state index in [-0.39, 0.29) is 17.7 Å². The van der Waals surface area contributed by atoms with Gasteiger partial charge in [0.1, 0.15) is 6.04 Å². The van der Waals surface area contributed by atoms with E-state index in [4.69, 9.17) is 11.6 Å². The summed E-state index contributed by atoms with van der Waals surface area (Å²) in [6.45, 7) is 4.95. The zero-order chi connectivity index (χ0) is 15.4. The molecule has 2 amide bonds. The molecule has 5 heteroatoms. The number of rotatable bonds is 4. The number of hydrogen-bond acceptors (Lipinski definition) is 2. The summed E-state index contributed by atoms with van der Waals surface area (Å²) in [5, 5.41) is 3.51. The molecule has 1 aliphatic heterocycles. The molecule has 114 valence electrons. The molecule has 0 aromatic heterocycles. The van der Waals surface area contributed by atoms with Crippen LogP contribution in [0.15, 0.2) is 24.3 Å². The normalized spacial score (nSPS) is 20.9. The summed E-state index contributed by atoms with van der Waals surface area (Å²) in [6.07, 6.45) is 1.20. The molecule has 0 bridgehead atoms. The molecule has 2 unspecified atom stereocenters. The van der Waals surface area contributed by atoms with E-state index in [0.717, 1.165) is 12.0 Å². The van der Waals surface area contributed by atoms with Crippen molar-refractivity contribution >= 4 is 23.4 Å². The Labute approximate surface area is 130 Å². The van der Waals surface area contributed by atoms with Gasteiger partial charge in [-0.05, 0) is 23.6 Å². The summed E-state index contributed by atoms with van der Waals surface area (Å²) < 4.78 is 0. The third kappa shape index (κ3) is 3.97. The Morgan fingerprint density at radius 2 is 2.19 bits per heavy atom. The maximum atomic E-state index is 12.7.